The summed E-state index contributed by atoms with van der Waals surface area (Å²) in [6.07, 6.45) is 0. The fraction of sp³-hybridized carbons (Fsp3) is 0.190. The van der Waals surface area contributed by atoms with Crippen molar-refractivity contribution in [1.82, 2.24) is 9.78 Å². The number of hydrogen-bond acceptors (Lipinski definition) is 3. The molecular formula is C21H22N4OS. The van der Waals surface area contributed by atoms with Gasteiger partial charge in [0.1, 0.15) is 0 Å². The molecule has 0 atom stereocenters. The van der Waals surface area contributed by atoms with Crippen molar-refractivity contribution in [2.75, 3.05) is 10.6 Å². The van der Waals surface area contributed by atoms with Gasteiger partial charge in [-0.3, -0.25) is 9.48 Å². The van der Waals surface area contributed by atoms with Crippen molar-refractivity contribution in [2.45, 2.75) is 27.3 Å². The number of Topliss-reactive ketones (excluding diaryl/α,β-unsaturated/α-hetero) is 1. The minimum absolute atomic E-state index is 0.0443. The molecule has 0 radical (unpaired) electrons. The first-order valence-electron chi connectivity index (χ1n) is 8.70. The number of carbonyl (C=O) groups is 1. The SMILES string of the molecule is CC(=O)c1ccc(NC(=S)Nc2ccc(Cn3nc(C)cc3C)cc2)cc1. The van der Waals surface area contributed by atoms with Gasteiger partial charge in [0.05, 0.1) is 12.2 Å². The van der Waals surface area contributed by atoms with E-state index in [4.69, 9.17) is 12.2 Å². The van der Waals surface area contributed by atoms with E-state index in [1.54, 1.807) is 19.1 Å². The number of anilines is 2. The van der Waals surface area contributed by atoms with Crippen molar-refractivity contribution in [1.29, 1.82) is 0 Å². The van der Waals surface area contributed by atoms with Gasteiger partial charge in [-0.05, 0) is 81.0 Å². The molecule has 0 aliphatic rings. The van der Waals surface area contributed by atoms with Gasteiger partial charge < -0.3 is 10.6 Å². The van der Waals surface area contributed by atoms with Crippen LogP contribution in [0.15, 0.2) is 54.6 Å². The van der Waals surface area contributed by atoms with Crippen LogP contribution in [0.4, 0.5) is 11.4 Å². The highest BCUT2D eigenvalue weighted by Crippen LogP contribution is 2.14. The molecule has 0 aliphatic carbocycles. The van der Waals surface area contributed by atoms with E-state index in [2.05, 4.69) is 40.9 Å². The molecule has 3 rings (SSSR count). The summed E-state index contributed by atoms with van der Waals surface area (Å²) in [5, 5.41) is 11.3. The Bertz CT molecular complexity index is 959. The third kappa shape index (κ3) is 5.01. The summed E-state index contributed by atoms with van der Waals surface area (Å²) in [5.41, 5.74) is 5.76. The van der Waals surface area contributed by atoms with Crippen molar-refractivity contribution in [3.63, 3.8) is 0 Å². The smallest absolute Gasteiger partial charge is 0.175 e. The summed E-state index contributed by atoms with van der Waals surface area (Å²) in [6.45, 7) is 6.35. The molecule has 5 nitrogen and oxygen atoms in total. The maximum atomic E-state index is 11.3. The Balaban J connectivity index is 1.58. The van der Waals surface area contributed by atoms with Gasteiger partial charge in [0.25, 0.3) is 0 Å². The van der Waals surface area contributed by atoms with Gasteiger partial charge in [0, 0.05) is 22.6 Å². The molecule has 2 aromatic carbocycles. The molecule has 6 heteroatoms. The molecule has 27 heavy (non-hydrogen) atoms. The molecule has 0 saturated heterocycles. The molecule has 0 spiro atoms. The Morgan fingerprint density at radius 3 is 2.04 bits per heavy atom. The van der Waals surface area contributed by atoms with Gasteiger partial charge in [-0.25, -0.2) is 0 Å². The van der Waals surface area contributed by atoms with E-state index >= 15 is 0 Å². The number of ketones is 1. The number of aromatic nitrogens is 2. The Morgan fingerprint density at radius 1 is 1.00 bits per heavy atom. The van der Waals surface area contributed by atoms with Gasteiger partial charge in [-0.2, -0.15) is 5.10 Å². The lowest BCUT2D eigenvalue weighted by molar-refractivity contribution is 0.101. The number of aryl methyl sites for hydroxylation is 2. The van der Waals surface area contributed by atoms with E-state index in [-0.39, 0.29) is 5.78 Å². The first-order chi connectivity index (χ1) is 12.9. The molecule has 1 aromatic heterocycles. The van der Waals surface area contributed by atoms with Crippen LogP contribution in [0.25, 0.3) is 0 Å². The van der Waals surface area contributed by atoms with Gasteiger partial charge in [-0.15, -0.1) is 0 Å². The Morgan fingerprint density at radius 2 is 1.56 bits per heavy atom. The zero-order chi connectivity index (χ0) is 19.4. The van der Waals surface area contributed by atoms with Crippen LogP contribution in [0.3, 0.4) is 0 Å². The third-order valence-corrected chi connectivity index (χ3v) is 4.40. The molecule has 0 amide bonds. The van der Waals surface area contributed by atoms with Crippen LogP contribution in [-0.4, -0.2) is 20.7 Å². The third-order valence-electron chi connectivity index (χ3n) is 4.20. The lowest BCUT2D eigenvalue weighted by atomic mass is 10.1. The minimum Gasteiger partial charge on any atom is -0.332 e. The van der Waals surface area contributed by atoms with Crippen LogP contribution in [0.2, 0.25) is 0 Å². The highest BCUT2D eigenvalue weighted by atomic mass is 32.1. The van der Waals surface area contributed by atoms with E-state index in [9.17, 15) is 4.79 Å². The second-order valence-electron chi connectivity index (χ2n) is 6.49. The first-order valence-corrected chi connectivity index (χ1v) is 9.10. The van der Waals surface area contributed by atoms with Crippen molar-refractivity contribution in [3.8, 4) is 0 Å². The monoisotopic (exact) mass is 378 g/mol. The van der Waals surface area contributed by atoms with Gasteiger partial charge >= 0.3 is 0 Å². The molecule has 2 N–H and O–H groups in total. The van der Waals surface area contributed by atoms with Crippen LogP contribution in [-0.2, 0) is 6.54 Å². The number of hydrogen-bond donors (Lipinski definition) is 2. The molecule has 0 aliphatic heterocycles. The number of nitrogens with one attached hydrogen (secondary N) is 2. The lowest BCUT2D eigenvalue weighted by Crippen LogP contribution is -2.19. The van der Waals surface area contributed by atoms with Crippen LogP contribution in [0.5, 0.6) is 0 Å². The standard InChI is InChI=1S/C21H22N4OS/c1-14-12-15(2)25(24-14)13-17-4-8-19(9-5-17)22-21(27)23-20-10-6-18(7-11-20)16(3)26/h4-12H,13H2,1-3H3,(H2,22,23,27). The number of benzene rings is 2. The zero-order valence-corrected chi connectivity index (χ0v) is 16.4. The van der Waals surface area contributed by atoms with Gasteiger partial charge in [0.2, 0.25) is 0 Å². The second kappa shape index (κ2) is 8.14. The van der Waals surface area contributed by atoms with Crippen molar-refractivity contribution < 1.29 is 4.79 Å². The predicted octanol–water partition coefficient (Wildman–Crippen LogP) is 4.56. The van der Waals surface area contributed by atoms with Crippen LogP contribution >= 0.6 is 12.2 Å². The highest BCUT2D eigenvalue weighted by Gasteiger charge is 2.04. The average Bonchev–Trinajstić information content (AvgIpc) is 2.94. The highest BCUT2D eigenvalue weighted by molar-refractivity contribution is 7.80. The van der Waals surface area contributed by atoms with Crippen LogP contribution in [0, 0.1) is 13.8 Å². The Kier molecular flexibility index (Phi) is 5.66. The molecule has 0 unspecified atom stereocenters. The predicted molar refractivity (Wildman–Crippen MR) is 114 cm³/mol. The lowest BCUT2D eigenvalue weighted by Gasteiger charge is -2.12. The summed E-state index contributed by atoms with van der Waals surface area (Å²) in [7, 11) is 0. The fourth-order valence-corrected chi connectivity index (χ4v) is 3.02. The van der Waals surface area contributed by atoms with Crippen molar-refractivity contribution in [2.24, 2.45) is 0 Å². The summed E-state index contributed by atoms with van der Waals surface area (Å²) in [6, 6.07) is 17.4. The van der Waals surface area contributed by atoms with Crippen LogP contribution in [0.1, 0.15) is 34.2 Å². The molecule has 1 heterocycles. The van der Waals surface area contributed by atoms with E-state index < -0.39 is 0 Å². The average molecular weight is 379 g/mol. The fourth-order valence-electron chi connectivity index (χ4n) is 2.78. The Labute approximate surface area is 164 Å². The molecule has 0 fully saturated rings. The second-order valence-corrected chi connectivity index (χ2v) is 6.90. The summed E-state index contributed by atoms with van der Waals surface area (Å²) in [5.74, 6) is 0.0443. The summed E-state index contributed by atoms with van der Waals surface area (Å²) in [4.78, 5) is 11.3. The summed E-state index contributed by atoms with van der Waals surface area (Å²) < 4.78 is 1.99. The minimum atomic E-state index is 0.0443. The molecular weight excluding hydrogens is 356 g/mol. The van der Waals surface area contributed by atoms with Gasteiger partial charge in [0.15, 0.2) is 10.9 Å². The van der Waals surface area contributed by atoms with E-state index in [0.717, 1.165) is 29.3 Å². The maximum absolute atomic E-state index is 11.3. The first kappa shape index (κ1) is 18.8. The number of carbonyl (C=O) groups excluding carboxylic acids is 1. The van der Waals surface area contributed by atoms with E-state index in [1.807, 2.05) is 35.9 Å². The number of rotatable bonds is 5. The number of thiocarbonyl (C=S) groups is 1. The van der Waals surface area contributed by atoms with E-state index in [1.165, 1.54) is 5.56 Å². The normalized spacial score (nSPS) is 10.5. The largest absolute Gasteiger partial charge is 0.332 e. The zero-order valence-electron chi connectivity index (χ0n) is 15.6. The molecule has 3 aromatic rings. The Hall–Kier alpha value is -2.99. The van der Waals surface area contributed by atoms with Crippen molar-refractivity contribution in [3.05, 3.63) is 77.1 Å². The van der Waals surface area contributed by atoms with Crippen LogP contribution < -0.4 is 10.6 Å². The topological polar surface area (TPSA) is 59.0 Å². The number of nitrogens with zero attached hydrogens (tertiary/aromatic N) is 2. The molecule has 0 saturated carbocycles. The summed E-state index contributed by atoms with van der Waals surface area (Å²) >= 11 is 5.36. The molecule has 138 valence electrons. The quantitative estimate of drug-likeness (QED) is 0.503. The van der Waals surface area contributed by atoms with Crippen molar-refractivity contribution >= 4 is 34.5 Å². The van der Waals surface area contributed by atoms with Gasteiger partial charge in [-0.1, -0.05) is 12.1 Å². The maximum Gasteiger partial charge on any atom is 0.175 e. The van der Waals surface area contributed by atoms with E-state index in [0.29, 0.717) is 10.7 Å². The molecule has 0 bridgehead atoms.